The first-order valence-electron chi connectivity index (χ1n) is 11.3. The number of amides is 1. The number of benzene rings is 3. The van der Waals surface area contributed by atoms with Crippen molar-refractivity contribution in [2.75, 3.05) is 44.1 Å². The maximum absolute atomic E-state index is 13.1. The van der Waals surface area contributed by atoms with E-state index in [4.69, 9.17) is 0 Å². The predicted octanol–water partition coefficient (Wildman–Crippen LogP) is 3.98. The lowest BCUT2D eigenvalue weighted by Crippen LogP contribution is -2.48. The van der Waals surface area contributed by atoms with E-state index in [0.29, 0.717) is 24.3 Å². The lowest BCUT2D eigenvalue weighted by molar-refractivity contribution is 0.0650. The number of carbonyl (C=O) groups is 1. The minimum absolute atomic E-state index is 0.106. The molecule has 0 atom stereocenters. The monoisotopic (exact) mass is 475 g/mol. The van der Waals surface area contributed by atoms with Crippen molar-refractivity contribution in [2.45, 2.75) is 4.90 Å². The minimum atomic E-state index is -3.77. The van der Waals surface area contributed by atoms with Crippen molar-refractivity contribution in [1.29, 1.82) is 0 Å². The van der Waals surface area contributed by atoms with Crippen LogP contribution in [-0.2, 0) is 10.0 Å². The normalized spacial score (nSPS) is 14.9. The van der Waals surface area contributed by atoms with Crippen LogP contribution in [0.25, 0.3) is 6.08 Å². The van der Waals surface area contributed by atoms with E-state index in [1.54, 1.807) is 41.3 Å². The Labute approximate surface area is 201 Å². The van der Waals surface area contributed by atoms with Gasteiger partial charge in [-0.05, 0) is 35.9 Å². The molecule has 1 aliphatic heterocycles. The molecule has 0 aliphatic carbocycles. The Balaban J connectivity index is 1.38. The number of carbonyl (C=O) groups excluding carboxylic acids is 1. The van der Waals surface area contributed by atoms with Crippen molar-refractivity contribution in [3.05, 3.63) is 102 Å². The van der Waals surface area contributed by atoms with Gasteiger partial charge in [-0.2, -0.15) is 0 Å². The molecule has 0 saturated carbocycles. The number of nitrogens with zero attached hydrogens (tertiary/aromatic N) is 3. The first kappa shape index (κ1) is 23.7. The van der Waals surface area contributed by atoms with E-state index in [2.05, 4.69) is 29.2 Å². The maximum Gasteiger partial charge on any atom is 0.264 e. The third-order valence-corrected chi connectivity index (χ3v) is 7.77. The number of hydrogen-bond donors (Lipinski definition) is 0. The van der Waals surface area contributed by atoms with E-state index in [-0.39, 0.29) is 10.8 Å². The van der Waals surface area contributed by atoms with Gasteiger partial charge in [0.1, 0.15) is 0 Å². The Morgan fingerprint density at radius 3 is 2.21 bits per heavy atom. The number of para-hydroxylation sites is 1. The molecule has 4 rings (SSSR count). The fourth-order valence-corrected chi connectivity index (χ4v) is 5.18. The van der Waals surface area contributed by atoms with E-state index < -0.39 is 10.0 Å². The van der Waals surface area contributed by atoms with E-state index in [0.717, 1.165) is 19.6 Å². The maximum atomic E-state index is 13.1. The number of anilines is 1. The van der Waals surface area contributed by atoms with Crippen molar-refractivity contribution < 1.29 is 13.2 Å². The van der Waals surface area contributed by atoms with E-state index in [1.165, 1.54) is 29.0 Å². The van der Waals surface area contributed by atoms with Crippen molar-refractivity contribution in [3.8, 4) is 0 Å². The average Bonchev–Trinajstić information content (AvgIpc) is 2.89. The summed E-state index contributed by atoms with van der Waals surface area (Å²) in [7, 11) is -2.26. The summed E-state index contributed by atoms with van der Waals surface area (Å²) in [4.78, 5) is 17.3. The molecule has 0 radical (unpaired) electrons. The summed E-state index contributed by atoms with van der Waals surface area (Å²) in [6.07, 6.45) is 4.25. The second-order valence-corrected chi connectivity index (χ2v) is 10.2. The second-order valence-electron chi connectivity index (χ2n) is 8.24. The predicted molar refractivity (Wildman–Crippen MR) is 136 cm³/mol. The molecule has 3 aromatic rings. The molecule has 3 aromatic carbocycles. The summed E-state index contributed by atoms with van der Waals surface area (Å²) in [5.41, 5.74) is 2.13. The molecule has 0 bridgehead atoms. The standard InChI is InChI=1S/C27H29N3O3S/c1-28(25-14-6-3-7-15-25)34(32,33)26-16-8-13-24(22-26)27(31)30-20-18-29(19-21-30)17-9-12-23-10-4-2-5-11-23/h2-16,22H,17-21H2,1H3/b12-9+. The molecule has 0 aromatic heterocycles. The van der Waals surface area contributed by atoms with Crippen molar-refractivity contribution in [1.82, 2.24) is 9.80 Å². The van der Waals surface area contributed by atoms with Crippen molar-refractivity contribution in [3.63, 3.8) is 0 Å². The largest absolute Gasteiger partial charge is 0.336 e. The molecule has 34 heavy (non-hydrogen) atoms. The molecule has 1 heterocycles. The molecule has 1 saturated heterocycles. The van der Waals surface area contributed by atoms with Gasteiger partial charge in [-0.1, -0.05) is 66.7 Å². The Hall–Kier alpha value is -3.42. The molecule has 0 spiro atoms. The van der Waals surface area contributed by atoms with Crippen LogP contribution in [0.5, 0.6) is 0 Å². The number of piperazine rings is 1. The van der Waals surface area contributed by atoms with Crippen LogP contribution < -0.4 is 4.31 Å². The molecule has 6 nitrogen and oxygen atoms in total. The summed E-state index contributed by atoms with van der Waals surface area (Å²) >= 11 is 0. The van der Waals surface area contributed by atoms with Crippen LogP contribution in [0.2, 0.25) is 0 Å². The third kappa shape index (κ3) is 5.55. The zero-order valence-electron chi connectivity index (χ0n) is 19.2. The zero-order valence-corrected chi connectivity index (χ0v) is 20.1. The van der Waals surface area contributed by atoms with Gasteiger partial charge in [-0.3, -0.25) is 14.0 Å². The number of hydrogen-bond acceptors (Lipinski definition) is 4. The van der Waals surface area contributed by atoms with Crippen LogP contribution in [0.1, 0.15) is 15.9 Å². The number of sulfonamides is 1. The fraction of sp³-hybridized carbons (Fsp3) is 0.222. The zero-order chi connectivity index (χ0) is 24.0. The summed E-state index contributed by atoms with van der Waals surface area (Å²) in [5, 5.41) is 0. The molecule has 176 valence electrons. The smallest absolute Gasteiger partial charge is 0.264 e. The van der Waals surface area contributed by atoms with Crippen LogP contribution in [-0.4, -0.2) is 63.9 Å². The quantitative estimate of drug-likeness (QED) is 0.519. The Kier molecular flexibility index (Phi) is 7.45. The highest BCUT2D eigenvalue weighted by Crippen LogP contribution is 2.23. The molecule has 0 unspecified atom stereocenters. The molecule has 1 fully saturated rings. The summed E-state index contributed by atoms with van der Waals surface area (Å²) in [5.74, 6) is -0.140. The van der Waals surface area contributed by atoms with Crippen LogP contribution in [0.4, 0.5) is 5.69 Å². The number of rotatable bonds is 7. The van der Waals surface area contributed by atoms with E-state index >= 15 is 0 Å². The molecular weight excluding hydrogens is 446 g/mol. The van der Waals surface area contributed by atoms with Crippen molar-refractivity contribution in [2.24, 2.45) is 0 Å². The molecule has 1 amide bonds. The van der Waals surface area contributed by atoms with Gasteiger partial charge >= 0.3 is 0 Å². The van der Waals surface area contributed by atoms with Gasteiger partial charge in [-0.25, -0.2) is 8.42 Å². The molecule has 7 heteroatoms. The van der Waals surface area contributed by atoms with Crippen LogP contribution in [0.15, 0.2) is 95.9 Å². The molecular formula is C27H29N3O3S. The highest BCUT2D eigenvalue weighted by Gasteiger charge is 2.25. The lowest BCUT2D eigenvalue weighted by atomic mass is 10.1. The SMILES string of the molecule is CN(c1ccccc1)S(=O)(=O)c1cccc(C(=O)N2CCN(C/C=C/c3ccccc3)CC2)c1. The minimum Gasteiger partial charge on any atom is -0.336 e. The summed E-state index contributed by atoms with van der Waals surface area (Å²) < 4.78 is 27.5. The van der Waals surface area contributed by atoms with Gasteiger partial charge < -0.3 is 4.90 Å². The second kappa shape index (κ2) is 10.7. The Morgan fingerprint density at radius 1 is 0.882 bits per heavy atom. The summed E-state index contributed by atoms with van der Waals surface area (Å²) in [6.45, 7) is 3.60. The fourth-order valence-electron chi connectivity index (χ4n) is 3.94. The molecule has 0 N–H and O–H groups in total. The van der Waals surface area contributed by atoms with Gasteiger partial charge in [0.2, 0.25) is 0 Å². The van der Waals surface area contributed by atoms with Gasteiger partial charge in [0.05, 0.1) is 10.6 Å². The highest BCUT2D eigenvalue weighted by atomic mass is 32.2. The van der Waals surface area contributed by atoms with Gasteiger partial charge in [0.25, 0.3) is 15.9 Å². The highest BCUT2D eigenvalue weighted by molar-refractivity contribution is 7.92. The summed E-state index contributed by atoms with van der Waals surface area (Å²) in [6, 6.07) is 25.4. The molecule has 1 aliphatic rings. The van der Waals surface area contributed by atoms with Crippen LogP contribution in [0, 0.1) is 0 Å². The average molecular weight is 476 g/mol. The topological polar surface area (TPSA) is 60.9 Å². The third-order valence-electron chi connectivity index (χ3n) is 5.99. The van der Waals surface area contributed by atoms with Gasteiger partial charge in [0.15, 0.2) is 0 Å². The van der Waals surface area contributed by atoms with E-state index in [9.17, 15) is 13.2 Å². The van der Waals surface area contributed by atoms with Crippen LogP contribution >= 0.6 is 0 Å². The van der Waals surface area contributed by atoms with Gasteiger partial charge in [0, 0.05) is 45.3 Å². The van der Waals surface area contributed by atoms with E-state index in [1.807, 2.05) is 24.3 Å². The van der Waals surface area contributed by atoms with Crippen LogP contribution in [0.3, 0.4) is 0 Å². The van der Waals surface area contributed by atoms with Crippen molar-refractivity contribution >= 4 is 27.7 Å². The first-order chi connectivity index (χ1) is 16.4. The Morgan fingerprint density at radius 2 is 1.53 bits per heavy atom. The lowest BCUT2D eigenvalue weighted by Gasteiger charge is -2.34. The first-order valence-corrected chi connectivity index (χ1v) is 12.8. The Bertz CT molecular complexity index is 1240. The van der Waals surface area contributed by atoms with Gasteiger partial charge in [-0.15, -0.1) is 0 Å².